The Morgan fingerprint density at radius 2 is 2.31 bits per heavy atom. The molecule has 2 heterocycles. The Morgan fingerprint density at radius 1 is 1.62 bits per heavy atom. The summed E-state index contributed by atoms with van der Waals surface area (Å²) in [6.45, 7) is 6.57. The maximum Gasteiger partial charge on any atom is 0.254 e. The average molecular weight is 181 g/mol. The number of allylic oxidation sites excluding steroid dienone is 1. The molecule has 3 heteroatoms. The minimum atomic E-state index is -0.410. The molecule has 13 heavy (non-hydrogen) atoms. The molecule has 0 radical (unpaired) electrons. The van der Waals surface area contributed by atoms with Crippen molar-refractivity contribution in [3.63, 3.8) is 0 Å². The highest BCUT2D eigenvalue weighted by molar-refractivity contribution is 6.02. The molecule has 1 unspecified atom stereocenters. The van der Waals surface area contributed by atoms with Crippen LogP contribution in [-0.2, 0) is 9.53 Å². The Morgan fingerprint density at radius 3 is 2.92 bits per heavy atom. The van der Waals surface area contributed by atoms with E-state index in [1.165, 1.54) is 0 Å². The van der Waals surface area contributed by atoms with Gasteiger partial charge in [-0.2, -0.15) is 0 Å². The van der Waals surface area contributed by atoms with Gasteiger partial charge in [-0.1, -0.05) is 6.08 Å². The van der Waals surface area contributed by atoms with Gasteiger partial charge in [0.05, 0.1) is 12.6 Å². The predicted molar refractivity (Wildman–Crippen MR) is 49.0 cm³/mol. The van der Waals surface area contributed by atoms with Crippen molar-refractivity contribution < 1.29 is 9.53 Å². The first kappa shape index (κ1) is 8.75. The lowest BCUT2D eigenvalue weighted by Gasteiger charge is -2.54. The number of carbonyl (C=O) groups excluding carboxylic acids is 1. The van der Waals surface area contributed by atoms with Crippen molar-refractivity contribution >= 4 is 5.91 Å². The second kappa shape index (κ2) is 2.58. The van der Waals surface area contributed by atoms with Gasteiger partial charge in [0.15, 0.2) is 0 Å². The van der Waals surface area contributed by atoms with Gasteiger partial charge >= 0.3 is 0 Å². The summed E-state index contributed by atoms with van der Waals surface area (Å²) in [5.41, 5.74) is 0.545. The largest absolute Gasteiger partial charge is 0.356 e. The van der Waals surface area contributed by atoms with Crippen molar-refractivity contribution in [3.8, 4) is 0 Å². The minimum Gasteiger partial charge on any atom is -0.356 e. The molecule has 1 amide bonds. The van der Waals surface area contributed by atoms with Crippen molar-refractivity contribution in [3.05, 3.63) is 11.6 Å². The zero-order valence-corrected chi connectivity index (χ0v) is 8.33. The molecule has 2 rings (SSSR count). The maximum atomic E-state index is 11.6. The van der Waals surface area contributed by atoms with E-state index in [0.717, 1.165) is 18.6 Å². The number of ether oxygens (including phenoxy) is 1. The van der Waals surface area contributed by atoms with Gasteiger partial charge in [-0.05, 0) is 27.2 Å². The Kier molecular flexibility index (Phi) is 1.74. The van der Waals surface area contributed by atoms with Crippen LogP contribution in [0.1, 0.15) is 27.2 Å². The van der Waals surface area contributed by atoms with Crippen LogP contribution in [-0.4, -0.2) is 29.2 Å². The fraction of sp³-hybridized carbons (Fsp3) is 0.700. The van der Waals surface area contributed by atoms with E-state index in [1.54, 1.807) is 0 Å². The van der Waals surface area contributed by atoms with Gasteiger partial charge in [-0.25, -0.2) is 0 Å². The van der Waals surface area contributed by atoms with Gasteiger partial charge in [0.2, 0.25) is 0 Å². The third-order valence-corrected chi connectivity index (χ3v) is 2.87. The van der Waals surface area contributed by atoms with Crippen molar-refractivity contribution in [1.82, 2.24) is 4.90 Å². The van der Waals surface area contributed by atoms with E-state index in [-0.39, 0.29) is 5.91 Å². The highest BCUT2D eigenvalue weighted by Crippen LogP contribution is 2.39. The molecule has 0 N–H and O–H groups in total. The second-order valence-electron chi connectivity index (χ2n) is 4.02. The van der Waals surface area contributed by atoms with Gasteiger partial charge < -0.3 is 9.64 Å². The molecule has 2 aliphatic rings. The number of β-lactam (4-membered cyclic amide) rings is 1. The molecule has 0 aromatic carbocycles. The van der Waals surface area contributed by atoms with Crippen LogP contribution in [0, 0.1) is 0 Å². The van der Waals surface area contributed by atoms with Crippen LogP contribution < -0.4 is 0 Å². The molecule has 1 atom stereocenters. The lowest BCUT2D eigenvalue weighted by Crippen LogP contribution is -2.67. The third-order valence-electron chi connectivity index (χ3n) is 2.87. The van der Waals surface area contributed by atoms with E-state index in [2.05, 4.69) is 0 Å². The highest BCUT2D eigenvalue weighted by atomic mass is 16.5. The zero-order chi connectivity index (χ0) is 9.64. The quantitative estimate of drug-likeness (QED) is 0.416. The van der Waals surface area contributed by atoms with E-state index in [1.807, 2.05) is 31.7 Å². The van der Waals surface area contributed by atoms with Crippen molar-refractivity contribution in [2.24, 2.45) is 0 Å². The first-order valence-electron chi connectivity index (χ1n) is 4.72. The first-order chi connectivity index (χ1) is 6.08. The van der Waals surface area contributed by atoms with Gasteiger partial charge in [-0.15, -0.1) is 0 Å². The Labute approximate surface area is 78.4 Å². The molecule has 72 valence electrons. The summed E-state index contributed by atoms with van der Waals surface area (Å²) in [5, 5.41) is 0. The molecular weight excluding hydrogens is 166 g/mol. The maximum absolute atomic E-state index is 11.6. The Hall–Kier alpha value is -0.830. The number of hydrogen-bond acceptors (Lipinski definition) is 2. The van der Waals surface area contributed by atoms with Crippen LogP contribution in [0.25, 0.3) is 0 Å². The molecule has 2 aliphatic heterocycles. The van der Waals surface area contributed by atoms with Crippen molar-refractivity contribution in [2.75, 3.05) is 6.61 Å². The number of carbonyl (C=O) groups is 1. The average Bonchev–Trinajstić information content (AvgIpc) is 2.02. The first-order valence-corrected chi connectivity index (χ1v) is 4.72. The number of fused-ring (bicyclic) bond motifs is 1. The van der Waals surface area contributed by atoms with Gasteiger partial charge in [-0.3, -0.25) is 4.79 Å². The fourth-order valence-corrected chi connectivity index (χ4v) is 2.21. The number of hydrogen-bond donors (Lipinski definition) is 0. The Bertz CT molecular complexity index is 281. The van der Waals surface area contributed by atoms with Crippen molar-refractivity contribution in [2.45, 2.75) is 39.0 Å². The van der Waals surface area contributed by atoms with Crippen LogP contribution in [0.4, 0.5) is 0 Å². The molecule has 0 bridgehead atoms. The van der Waals surface area contributed by atoms with Crippen LogP contribution >= 0.6 is 0 Å². The van der Waals surface area contributed by atoms with Gasteiger partial charge in [0, 0.05) is 5.57 Å². The molecule has 2 saturated heterocycles. The summed E-state index contributed by atoms with van der Waals surface area (Å²) in [4.78, 5) is 13.5. The molecule has 0 saturated carbocycles. The smallest absolute Gasteiger partial charge is 0.254 e. The molecular formula is C10H15NO2. The molecule has 0 aromatic rings. The molecule has 0 aliphatic carbocycles. The number of amides is 1. The summed E-state index contributed by atoms with van der Waals surface area (Å²) in [7, 11) is 0. The minimum absolute atomic E-state index is 0.136. The van der Waals surface area contributed by atoms with Gasteiger partial charge in [0.1, 0.15) is 5.72 Å². The third kappa shape index (κ3) is 1.03. The lowest BCUT2D eigenvalue weighted by molar-refractivity contribution is -0.204. The fourth-order valence-electron chi connectivity index (χ4n) is 2.21. The van der Waals surface area contributed by atoms with E-state index >= 15 is 0 Å². The van der Waals surface area contributed by atoms with Crippen LogP contribution in [0.2, 0.25) is 0 Å². The molecule has 0 spiro atoms. The second-order valence-corrected chi connectivity index (χ2v) is 4.02. The molecule has 3 nitrogen and oxygen atoms in total. The Balaban J connectivity index is 2.26. The van der Waals surface area contributed by atoms with E-state index in [0.29, 0.717) is 6.04 Å². The zero-order valence-electron chi connectivity index (χ0n) is 8.33. The van der Waals surface area contributed by atoms with E-state index in [4.69, 9.17) is 4.74 Å². The summed E-state index contributed by atoms with van der Waals surface area (Å²) in [6, 6.07) is 0.307. The molecule has 2 fully saturated rings. The lowest BCUT2D eigenvalue weighted by atomic mass is 9.87. The van der Waals surface area contributed by atoms with E-state index in [9.17, 15) is 4.79 Å². The standard InChI is InChI=1S/C10H15NO2/c1-4-7-8-5-6-13-10(2,3)11(8)9(7)12/h4,8H,5-6H2,1-3H3. The monoisotopic (exact) mass is 181 g/mol. The predicted octanol–water partition coefficient (Wildman–Crippen LogP) is 1.30. The van der Waals surface area contributed by atoms with Crippen molar-refractivity contribution in [1.29, 1.82) is 0 Å². The highest BCUT2D eigenvalue weighted by Gasteiger charge is 2.51. The summed E-state index contributed by atoms with van der Waals surface area (Å²) >= 11 is 0. The number of rotatable bonds is 0. The SMILES string of the molecule is CC=C1C(=O)N2C1CCOC2(C)C. The van der Waals surface area contributed by atoms with Crippen LogP contribution in [0.3, 0.4) is 0 Å². The van der Waals surface area contributed by atoms with Crippen LogP contribution in [0.15, 0.2) is 11.6 Å². The summed E-state index contributed by atoms with van der Waals surface area (Å²) in [5.74, 6) is 0.136. The van der Waals surface area contributed by atoms with Crippen LogP contribution in [0.5, 0.6) is 0 Å². The van der Waals surface area contributed by atoms with Gasteiger partial charge in [0.25, 0.3) is 5.91 Å². The number of nitrogens with zero attached hydrogens (tertiary/aromatic N) is 1. The normalized spacial score (nSPS) is 34.4. The molecule has 0 aromatic heterocycles. The van der Waals surface area contributed by atoms with E-state index < -0.39 is 5.72 Å². The topological polar surface area (TPSA) is 29.5 Å². The summed E-state index contributed by atoms with van der Waals surface area (Å²) < 4.78 is 5.54. The summed E-state index contributed by atoms with van der Waals surface area (Å²) in [6.07, 6.45) is 2.86.